The smallest absolute Gasteiger partial charge is 0.0361 e. The summed E-state index contributed by atoms with van der Waals surface area (Å²) in [5, 5.41) is 12.5. The second-order valence-corrected chi connectivity index (χ2v) is 17.9. The van der Waals surface area contributed by atoms with Gasteiger partial charge in [-0.1, -0.05) is 158 Å². The number of pyridine rings is 2. The summed E-state index contributed by atoms with van der Waals surface area (Å²) < 4.78 is 2.57. The Balaban J connectivity index is 1.07. The monoisotopic (exact) mass is 842 g/mol. The quantitative estimate of drug-likeness (QED) is 0.156. The van der Waals surface area contributed by atoms with Crippen LogP contribution in [0.2, 0.25) is 0 Å². The molecule has 0 bridgehead atoms. The average Bonchev–Trinajstić information content (AvgIpc) is 3.76. The van der Waals surface area contributed by atoms with Gasteiger partial charge in [0.25, 0.3) is 0 Å². The molecule has 302 valence electrons. The fraction of sp³-hybridized carbons (Fsp3) is 0. The molecule has 0 saturated carbocycles. The Morgan fingerprint density at radius 2 is 0.708 bits per heavy atom. The highest BCUT2D eigenvalue weighted by Gasteiger charge is 2.22. The number of nitrogens with zero attached hydrogens (tertiary/aromatic N) is 2. The Hall–Kier alpha value is -8.24. The van der Waals surface area contributed by atoms with Crippen LogP contribution in [-0.4, -0.2) is 9.97 Å². The third-order valence-corrected chi connectivity index (χ3v) is 14.3. The average molecular weight is 843 g/mol. The normalized spacial score (nSPS) is 11.7. The van der Waals surface area contributed by atoms with Crippen LogP contribution < -0.4 is 0 Å². The summed E-state index contributed by atoms with van der Waals surface area (Å²) in [5.74, 6) is 0. The van der Waals surface area contributed by atoms with Crippen molar-refractivity contribution in [1.82, 2.24) is 9.97 Å². The maximum atomic E-state index is 4.51. The summed E-state index contributed by atoms with van der Waals surface area (Å²) in [6.07, 6.45) is 7.57. The van der Waals surface area contributed by atoms with E-state index in [1.54, 1.807) is 0 Å². The molecule has 3 heteroatoms. The van der Waals surface area contributed by atoms with Crippen LogP contribution in [0.15, 0.2) is 231 Å². The van der Waals surface area contributed by atoms with Crippen LogP contribution >= 0.6 is 11.3 Å². The molecule has 3 aromatic heterocycles. The fourth-order valence-corrected chi connectivity index (χ4v) is 11.6. The van der Waals surface area contributed by atoms with Gasteiger partial charge in [-0.05, 0) is 147 Å². The second kappa shape index (κ2) is 15.2. The number of hydrogen-bond acceptors (Lipinski definition) is 3. The molecule has 13 aromatic rings. The van der Waals surface area contributed by atoms with Crippen molar-refractivity contribution in [3.05, 3.63) is 231 Å². The second-order valence-electron chi connectivity index (χ2n) is 16.8. The van der Waals surface area contributed by atoms with Crippen LogP contribution in [-0.2, 0) is 0 Å². The largest absolute Gasteiger partial charge is 0.264 e. The Morgan fingerprint density at radius 1 is 0.262 bits per heavy atom. The summed E-state index contributed by atoms with van der Waals surface area (Å²) in [6.45, 7) is 0. The lowest BCUT2D eigenvalue weighted by molar-refractivity contribution is 1.32. The molecule has 65 heavy (non-hydrogen) atoms. The van der Waals surface area contributed by atoms with E-state index in [2.05, 4.69) is 204 Å². The van der Waals surface area contributed by atoms with E-state index in [0.717, 1.165) is 27.8 Å². The van der Waals surface area contributed by atoms with Crippen molar-refractivity contribution >= 4 is 74.6 Å². The van der Waals surface area contributed by atoms with E-state index in [-0.39, 0.29) is 0 Å². The standard InChI is InChI=1S/C62H38N2S/c1-2-15-39(16-3-1)58-46-19-4-6-21-48(46)59(49-22-7-5-20-47(49)58)40-29-30-56-55(36-40)62-54(27-12-28-57(62)65-56)61-52-25-10-8-23-50(52)60(51-24-9-11-26-53(51)61)45-34-43(41-17-13-31-63-37-41)33-44(35-45)42-18-14-32-64-38-42/h1-38H. The molecule has 0 fully saturated rings. The number of benzene rings is 10. The number of aromatic nitrogens is 2. The number of fused-ring (bicyclic) bond motifs is 7. The van der Waals surface area contributed by atoms with Crippen molar-refractivity contribution in [2.45, 2.75) is 0 Å². The number of rotatable bonds is 6. The van der Waals surface area contributed by atoms with Crippen molar-refractivity contribution in [3.8, 4) is 66.8 Å². The molecule has 10 aromatic carbocycles. The van der Waals surface area contributed by atoms with Crippen molar-refractivity contribution in [3.63, 3.8) is 0 Å². The van der Waals surface area contributed by atoms with Gasteiger partial charge < -0.3 is 0 Å². The summed E-state index contributed by atoms with van der Waals surface area (Å²) in [5.41, 5.74) is 14.3. The molecule has 0 aliphatic carbocycles. The molecule has 0 N–H and O–H groups in total. The topological polar surface area (TPSA) is 25.8 Å². The van der Waals surface area contributed by atoms with Gasteiger partial charge in [-0.3, -0.25) is 9.97 Å². The molecule has 2 nitrogen and oxygen atoms in total. The van der Waals surface area contributed by atoms with Gasteiger partial charge in [-0.2, -0.15) is 0 Å². The zero-order valence-electron chi connectivity index (χ0n) is 35.2. The maximum absolute atomic E-state index is 4.51. The molecule has 0 radical (unpaired) electrons. The molecule has 3 heterocycles. The predicted molar refractivity (Wildman–Crippen MR) is 278 cm³/mol. The SMILES string of the molecule is c1ccc(-c2c3ccccc3c(-c3ccc4sc5cccc(-c6c7ccccc7c(-c7cc(-c8cccnc8)cc(-c8cccnc8)c7)c7ccccc67)c5c4c3)c3ccccc23)cc1. The first-order valence-electron chi connectivity index (χ1n) is 22.1. The molecule has 0 atom stereocenters. The van der Waals surface area contributed by atoms with E-state index in [9.17, 15) is 0 Å². The first-order chi connectivity index (χ1) is 32.3. The lowest BCUT2D eigenvalue weighted by Gasteiger charge is -2.20. The van der Waals surface area contributed by atoms with E-state index >= 15 is 0 Å². The summed E-state index contributed by atoms with van der Waals surface area (Å²) in [7, 11) is 0. The Labute approximate surface area is 380 Å². The minimum absolute atomic E-state index is 1.08. The van der Waals surface area contributed by atoms with Gasteiger partial charge in [-0.15, -0.1) is 11.3 Å². The zero-order chi connectivity index (χ0) is 42.8. The molecule has 0 aliphatic heterocycles. The van der Waals surface area contributed by atoms with Crippen LogP contribution in [0.25, 0.3) is 130 Å². The first kappa shape index (κ1) is 37.3. The third-order valence-electron chi connectivity index (χ3n) is 13.2. The van der Waals surface area contributed by atoms with Crippen LogP contribution in [0.1, 0.15) is 0 Å². The highest BCUT2D eigenvalue weighted by atomic mass is 32.1. The molecular formula is C62H38N2S. The molecule has 0 unspecified atom stereocenters. The van der Waals surface area contributed by atoms with Gasteiger partial charge in [0, 0.05) is 56.1 Å². The van der Waals surface area contributed by atoms with Gasteiger partial charge in [0.05, 0.1) is 0 Å². The van der Waals surface area contributed by atoms with Gasteiger partial charge in [0.2, 0.25) is 0 Å². The fourth-order valence-electron chi connectivity index (χ4n) is 10.4. The lowest BCUT2D eigenvalue weighted by atomic mass is 9.83. The Kier molecular flexibility index (Phi) is 8.75. The van der Waals surface area contributed by atoms with Crippen LogP contribution in [0.5, 0.6) is 0 Å². The predicted octanol–water partition coefficient (Wildman–Crippen LogP) is 17.5. The zero-order valence-corrected chi connectivity index (χ0v) is 36.1. The summed E-state index contributed by atoms with van der Waals surface area (Å²) >= 11 is 1.88. The highest BCUT2D eigenvalue weighted by Crippen LogP contribution is 2.50. The molecule has 0 amide bonds. The molecule has 0 saturated heterocycles. The summed E-state index contributed by atoms with van der Waals surface area (Å²) in [4.78, 5) is 9.01. The van der Waals surface area contributed by atoms with Crippen molar-refractivity contribution in [2.75, 3.05) is 0 Å². The minimum Gasteiger partial charge on any atom is -0.264 e. The maximum Gasteiger partial charge on any atom is 0.0361 e. The van der Waals surface area contributed by atoms with Crippen LogP contribution in [0.3, 0.4) is 0 Å². The molecular weight excluding hydrogens is 805 g/mol. The first-order valence-corrected chi connectivity index (χ1v) is 22.9. The van der Waals surface area contributed by atoms with E-state index in [0.29, 0.717) is 0 Å². The van der Waals surface area contributed by atoms with E-state index in [1.807, 2.05) is 48.3 Å². The molecule has 0 aliphatic rings. The third kappa shape index (κ3) is 6.08. The van der Waals surface area contributed by atoms with Gasteiger partial charge in [-0.25, -0.2) is 0 Å². The minimum atomic E-state index is 1.08. The number of hydrogen-bond donors (Lipinski definition) is 0. The highest BCUT2D eigenvalue weighted by molar-refractivity contribution is 7.26. The van der Waals surface area contributed by atoms with Crippen molar-refractivity contribution < 1.29 is 0 Å². The Morgan fingerprint density at radius 3 is 1.22 bits per heavy atom. The van der Waals surface area contributed by atoms with Crippen LogP contribution in [0.4, 0.5) is 0 Å². The van der Waals surface area contributed by atoms with E-state index in [4.69, 9.17) is 0 Å². The van der Waals surface area contributed by atoms with Crippen molar-refractivity contribution in [2.24, 2.45) is 0 Å². The van der Waals surface area contributed by atoms with Crippen molar-refractivity contribution in [1.29, 1.82) is 0 Å². The van der Waals surface area contributed by atoms with Crippen LogP contribution in [0, 0.1) is 0 Å². The lowest BCUT2D eigenvalue weighted by Crippen LogP contribution is -1.93. The van der Waals surface area contributed by atoms with Gasteiger partial charge >= 0.3 is 0 Å². The molecule has 13 rings (SSSR count). The molecule has 0 spiro atoms. The van der Waals surface area contributed by atoms with Gasteiger partial charge in [0.15, 0.2) is 0 Å². The number of thiophene rings is 1. The Bertz CT molecular complexity index is 3810. The van der Waals surface area contributed by atoms with Gasteiger partial charge in [0.1, 0.15) is 0 Å². The summed E-state index contributed by atoms with van der Waals surface area (Å²) in [6, 6.07) is 76.0. The van der Waals surface area contributed by atoms with E-state index in [1.165, 1.54) is 102 Å². The van der Waals surface area contributed by atoms with E-state index < -0.39 is 0 Å².